The first kappa shape index (κ1) is 9.58. The van der Waals surface area contributed by atoms with E-state index in [-0.39, 0.29) is 0 Å². The zero-order chi connectivity index (χ0) is 9.47. The Labute approximate surface area is 83.3 Å². The number of rotatable bonds is 1. The number of hydrogen-bond donors (Lipinski definition) is 0. The predicted molar refractivity (Wildman–Crippen MR) is 56.6 cm³/mol. The number of hydrogen-bond acceptors (Lipinski definition) is 1. The normalized spacial score (nSPS) is 41.0. The monoisotopic (exact) mass is 177 g/mol. The molecular weight excluding hydrogens is 157 g/mol. The average Bonchev–Trinajstić information content (AvgIpc) is 1.99. The van der Waals surface area contributed by atoms with Crippen molar-refractivity contribution < 1.29 is 0 Å². The van der Waals surface area contributed by atoms with Crippen LogP contribution in [0.5, 0.6) is 0 Å². The molecule has 0 aromatic rings. The second-order valence-electron chi connectivity index (χ2n) is 5.49. The van der Waals surface area contributed by atoms with Gasteiger partial charge < -0.3 is 4.81 Å². The summed E-state index contributed by atoms with van der Waals surface area (Å²) in [6.07, 6.45) is 5.59. The van der Waals surface area contributed by atoms with Crippen molar-refractivity contribution in [2.45, 2.75) is 39.5 Å². The van der Waals surface area contributed by atoms with Crippen molar-refractivity contribution in [2.75, 3.05) is 13.1 Å². The van der Waals surface area contributed by atoms with Crippen molar-refractivity contribution in [1.29, 1.82) is 0 Å². The Morgan fingerprint density at radius 2 is 2.08 bits per heavy atom. The molecule has 13 heavy (non-hydrogen) atoms. The van der Waals surface area contributed by atoms with Gasteiger partial charge in [0, 0.05) is 0 Å². The van der Waals surface area contributed by atoms with Crippen molar-refractivity contribution in [3.05, 3.63) is 0 Å². The van der Waals surface area contributed by atoms with Gasteiger partial charge in [0.05, 0.1) is 0 Å². The number of piperidine rings is 1. The zero-order valence-electron chi connectivity index (χ0n) is 8.92. The van der Waals surface area contributed by atoms with Gasteiger partial charge in [-0.05, 0) is 56.0 Å². The van der Waals surface area contributed by atoms with Crippen molar-refractivity contribution in [2.24, 2.45) is 17.3 Å². The third-order valence-electron chi connectivity index (χ3n) is 4.02. The van der Waals surface area contributed by atoms with Crippen molar-refractivity contribution in [3.63, 3.8) is 0 Å². The second kappa shape index (κ2) is 3.31. The lowest BCUT2D eigenvalue weighted by Gasteiger charge is -2.54. The Bertz CT molecular complexity index is 185. The van der Waals surface area contributed by atoms with Crippen LogP contribution >= 0.6 is 0 Å². The van der Waals surface area contributed by atoms with E-state index in [1.807, 2.05) is 4.81 Å². The molecule has 1 saturated heterocycles. The molecule has 1 nitrogen and oxygen atoms in total. The Kier molecular flexibility index (Phi) is 2.44. The van der Waals surface area contributed by atoms with E-state index in [1.165, 1.54) is 25.7 Å². The molecular formula is C11H20BN. The minimum atomic E-state index is 0.627. The molecule has 2 fully saturated rings. The van der Waals surface area contributed by atoms with Gasteiger partial charge in [0.1, 0.15) is 0 Å². The highest BCUT2D eigenvalue weighted by Gasteiger charge is 2.46. The second-order valence-corrected chi connectivity index (χ2v) is 5.49. The molecule has 1 aliphatic heterocycles. The van der Waals surface area contributed by atoms with Gasteiger partial charge >= 0.3 is 0 Å². The van der Waals surface area contributed by atoms with Crippen LogP contribution < -0.4 is 0 Å². The van der Waals surface area contributed by atoms with Gasteiger partial charge in [0.15, 0.2) is 7.98 Å². The van der Waals surface area contributed by atoms with E-state index >= 15 is 0 Å². The number of nitrogens with zero attached hydrogens (tertiary/aromatic N) is 1. The Morgan fingerprint density at radius 3 is 2.62 bits per heavy atom. The van der Waals surface area contributed by atoms with Gasteiger partial charge in [-0.3, -0.25) is 0 Å². The van der Waals surface area contributed by atoms with Crippen LogP contribution in [0, 0.1) is 17.3 Å². The van der Waals surface area contributed by atoms with Gasteiger partial charge in [0.25, 0.3) is 0 Å². The Hall–Kier alpha value is 0.0249. The third-order valence-corrected chi connectivity index (χ3v) is 4.02. The highest BCUT2D eigenvalue weighted by atomic mass is 15.0. The molecule has 0 atom stereocenters. The van der Waals surface area contributed by atoms with Crippen molar-refractivity contribution in [3.8, 4) is 0 Å². The first-order valence-electron chi connectivity index (χ1n) is 5.61. The molecule has 2 radical (unpaired) electrons. The molecule has 0 N–H and O–H groups in total. The SMILES string of the molecule is [B]N1CCCC2(CC(C(C)C)C2)C1. The first-order chi connectivity index (χ1) is 6.11. The summed E-state index contributed by atoms with van der Waals surface area (Å²) in [6, 6.07) is 0. The summed E-state index contributed by atoms with van der Waals surface area (Å²) >= 11 is 0. The molecule has 0 aromatic heterocycles. The minimum Gasteiger partial charge on any atom is -0.353 e. The van der Waals surface area contributed by atoms with Crippen molar-refractivity contribution >= 4 is 7.98 Å². The van der Waals surface area contributed by atoms with Crippen LogP contribution in [0.3, 0.4) is 0 Å². The van der Waals surface area contributed by atoms with Crippen LogP contribution in [0.4, 0.5) is 0 Å². The predicted octanol–water partition coefficient (Wildman–Crippen LogP) is 2.22. The Balaban J connectivity index is 1.88. The largest absolute Gasteiger partial charge is 0.353 e. The van der Waals surface area contributed by atoms with Gasteiger partial charge in [-0.1, -0.05) is 13.8 Å². The first-order valence-corrected chi connectivity index (χ1v) is 5.61. The lowest BCUT2D eigenvalue weighted by atomic mass is 9.55. The fraction of sp³-hybridized carbons (Fsp3) is 1.00. The van der Waals surface area contributed by atoms with Gasteiger partial charge in [-0.25, -0.2) is 0 Å². The standard InChI is InChI=1S/C11H20BN/c1-9(2)10-6-11(7-10)4-3-5-13(12)8-11/h9-10H,3-8H2,1-2H3. The van der Waals surface area contributed by atoms with Crippen LogP contribution in [0.25, 0.3) is 0 Å². The topological polar surface area (TPSA) is 3.24 Å². The van der Waals surface area contributed by atoms with Crippen LogP contribution in [0.1, 0.15) is 39.5 Å². The van der Waals surface area contributed by atoms with Gasteiger partial charge in [-0.2, -0.15) is 0 Å². The highest BCUT2D eigenvalue weighted by Crippen LogP contribution is 2.53. The lowest BCUT2D eigenvalue weighted by molar-refractivity contribution is -0.0181. The van der Waals surface area contributed by atoms with E-state index in [1.54, 1.807) is 0 Å². The van der Waals surface area contributed by atoms with Crippen LogP contribution in [0.2, 0.25) is 0 Å². The van der Waals surface area contributed by atoms with E-state index < -0.39 is 0 Å². The fourth-order valence-corrected chi connectivity index (χ4v) is 3.10. The molecule has 0 bridgehead atoms. The maximum atomic E-state index is 5.87. The molecule has 0 amide bonds. The summed E-state index contributed by atoms with van der Waals surface area (Å²) in [4.78, 5) is 2.03. The summed E-state index contributed by atoms with van der Waals surface area (Å²) in [5.41, 5.74) is 0.627. The van der Waals surface area contributed by atoms with E-state index in [9.17, 15) is 0 Å². The van der Waals surface area contributed by atoms with Crippen molar-refractivity contribution in [1.82, 2.24) is 4.81 Å². The summed E-state index contributed by atoms with van der Waals surface area (Å²) in [7, 11) is 5.87. The molecule has 72 valence electrons. The third kappa shape index (κ3) is 1.78. The summed E-state index contributed by atoms with van der Waals surface area (Å²) in [5.74, 6) is 1.85. The van der Waals surface area contributed by atoms with Gasteiger partial charge in [0.2, 0.25) is 0 Å². The molecule has 1 heterocycles. The average molecular weight is 177 g/mol. The molecule has 0 aromatic carbocycles. The quantitative estimate of drug-likeness (QED) is 0.555. The molecule has 2 rings (SSSR count). The van der Waals surface area contributed by atoms with Crippen LogP contribution in [-0.4, -0.2) is 25.9 Å². The smallest absolute Gasteiger partial charge is 0.182 e. The summed E-state index contributed by atoms with van der Waals surface area (Å²) in [6.45, 7) is 6.95. The fourth-order valence-electron chi connectivity index (χ4n) is 3.10. The molecule has 0 unspecified atom stereocenters. The molecule has 1 spiro atoms. The van der Waals surface area contributed by atoms with Gasteiger partial charge in [-0.15, -0.1) is 0 Å². The maximum absolute atomic E-state index is 5.87. The molecule has 1 saturated carbocycles. The summed E-state index contributed by atoms with van der Waals surface area (Å²) < 4.78 is 0. The Morgan fingerprint density at radius 1 is 1.38 bits per heavy atom. The highest BCUT2D eigenvalue weighted by molar-refractivity contribution is 6.04. The van der Waals surface area contributed by atoms with E-state index in [2.05, 4.69) is 13.8 Å². The van der Waals surface area contributed by atoms with Crippen LogP contribution in [0.15, 0.2) is 0 Å². The molecule has 2 aliphatic rings. The van der Waals surface area contributed by atoms with E-state index in [4.69, 9.17) is 7.98 Å². The minimum absolute atomic E-state index is 0.627. The van der Waals surface area contributed by atoms with E-state index in [0.717, 1.165) is 24.9 Å². The summed E-state index contributed by atoms with van der Waals surface area (Å²) in [5, 5.41) is 0. The molecule has 1 aliphatic carbocycles. The maximum Gasteiger partial charge on any atom is 0.182 e. The molecule has 2 heteroatoms. The van der Waals surface area contributed by atoms with E-state index in [0.29, 0.717) is 5.41 Å². The zero-order valence-corrected chi connectivity index (χ0v) is 8.92. The lowest BCUT2D eigenvalue weighted by Crippen LogP contribution is -2.50. The van der Waals surface area contributed by atoms with Crippen LogP contribution in [-0.2, 0) is 0 Å².